The van der Waals surface area contributed by atoms with Crippen LogP contribution in [0.5, 0.6) is 0 Å². The lowest BCUT2D eigenvalue weighted by Gasteiger charge is -2.08. The van der Waals surface area contributed by atoms with Crippen molar-refractivity contribution in [3.05, 3.63) is 45.8 Å². The number of aliphatic hydroxyl groups excluding tert-OH is 1. The molecule has 1 N–H and O–H groups in total. The zero-order valence-electron chi connectivity index (χ0n) is 10.5. The van der Waals surface area contributed by atoms with Gasteiger partial charge in [0.2, 0.25) is 0 Å². The Hall–Kier alpha value is -0.665. The quantitative estimate of drug-likeness (QED) is 0.582. The van der Waals surface area contributed by atoms with Gasteiger partial charge < -0.3 is 5.11 Å². The first-order valence-corrected chi connectivity index (χ1v) is 6.30. The lowest BCUT2D eigenvalue weighted by Crippen LogP contribution is -1.93. The Bertz CT molecular complexity index is 341. The Morgan fingerprint density at radius 1 is 1.31 bits per heavy atom. The summed E-state index contributed by atoms with van der Waals surface area (Å²) in [6, 6.07) is 0. The van der Waals surface area contributed by atoms with Gasteiger partial charge in [-0.3, -0.25) is 0 Å². The van der Waals surface area contributed by atoms with Gasteiger partial charge in [-0.25, -0.2) is 0 Å². The van der Waals surface area contributed by atoms with Crippen LogP contribution in [0.3, 0.4) is 0 Å². The van der Waals surface area contributed by atoms with E-state index >= 15 is 0 Å². The number of hydrogen-bond acceptors (Lipinski definition) is 2. The summed E-state index contributed by atoms with van der Waals surface area (Å²) < 4.78 is 0. The maximum atomic E-state index is 9.12. The molecule has 0 unspecified atom stereocenters. The summed E-state index contributed by atoms with van der Waals surface area (Å²) in [5, 5.41) is 9.12. The third kappa shape index (κ3) is 5.43. The number of thioether (sulfide) groups is 1. The average molecular weight is 234 g/mol. The van der Waals surface area contributed by atoms with Gasteiger partial charge >= 0.3 is 0 Å². The van der Waals surface area contributed by atoms with Crippen molar-refractivity contribution in [3.63, 3.8) is 0 Å². The van der Waals surface area contributed by atoms with E-state index in [0.29, 0.717) is 5.47 Å². The van der Waals surface area contributed by atoms with E-state index in [1.165, 1.54) is 11.8 Å². The lowest BCUT2D eigenvalue weighted by atomic mass is 9.86. The predicted octanol–water partition coefficient (Wildman–Crippen LogP) is 3.19. The van der Waals surface area contributed by atoms with E-state index in [1.807, 2.05) is 39.2 Å². The molecule has 0 fully saturated rings. The normalized spacial score (nSPS) is 13.2. The van der Waals surface area contributed by atoms with Gasteiger partial charge in [0, 0.05) is 4.91 Å². The average Bonchev–Trinajstić information content (AvgIpc) is 2.17. The van der Waals surface area contributed by atoms with Crippen molar-refractivity contribution < 1.29 is 5.11 Å². The molecule has 0 spiro atoms. The van der Waals surface area contributed by atoms with Gasteiger partial charge in [-0.2, -0.15) is 0 Å². The van der Waals surface area contributed by atoms with Crippen LogP contribution in [-0.2, 0) is 0 Å². The molecular weight excluding hydrogens is 215 g/mol. The molecule has 2 radical (unpaired) electrons. The smallest absolute Gasteiger partial charge is 0.114 e. The number of rotatable bonds is 5. The predicted molar refractivity (Wildman–Crippen MR) is 75.7 cm³/mol. The summed E-state index contributed by atoms with van der Waals surface area (Å²) in [6.45, 7) is 9.83. The van der Waals surface area contributed by atoms with Crippen molar-refractivity contribution in [1.82, 2.24) is 0 Å². The van der Waals surface area contributed by atoms with Crippen molar-refractivity contribution in [2.45, 2.75) is 20.8 Å². The molecule has 0 aliphatic rings. The van der Waals surface area contributed by atoms with Crippen LogP contribution in [0.25, 0.3) is 0 Å². The van der Waals surface area contributed by atoms with Crippen molar-refractivity contribution >= 4 is 19.6 Å². The fourth-order valence-corrected chi connectivity index (χ4v) is 1.54. The number of hydrogen-bond donors (Lipinski definition) is 1. The van der Waals surface area contributed by atoms with Crippen LogP contribution in [0.15, 0.2) is 45.8 Å². The highest BCUT2D eigenvalue weighted by molar-refractivity contribution is 8.02. The minimum absolute atomic E-state index is 0.0278. The topological polar surface area (TPSA) is 20.2 Å². The fraction of sp³-hybridized carbons (Fsp3) is 0.385. The second-order valence-electron chi connectivity index (χ2n) is 3.84. The van der Waals surface area contributed by atoms with Gasteiger partial charge in [0.1, 0.15) is 7.85 Å². The minimum Gasteiger partial charge on any atom is -0.391 e. The van der Waals surface area contributed by atoms with Gasteiger partial charge in [-0.05, 0) is 38.7 Å². The van der Waals surface area contributed by atoms with Crippen molar-refractivity contribution in [1.29, 1.82) is 0 Å². The minimum atomic E-state index is 0.0278. The van der Waals surface area contributed by atoms with E-state index in [4.69, 9.17) is 13.0 Å². The largest absolute Gasteiger partial charge is 0.391 e. The third-order valence-electron chi connectivity index (χ3n) is 1.94. The van der Waals surface area contributed by atoms with E-state index in [0.717, 1.165) is 21.6 Å². The molecule has 0 aliphatic heterocycles. The molecule has 0 saturated heterocycles. The molecule has 0 saturated carbocycles. The van der Waals surface area contributed by atoms with Gasteiger partial charge in [-0.15, -0.1) is 11.8 Å². The van der Waals surface area contributed by atoms with Gasteiger partial charge in [0.25, 0.3) is 0 Å². The fourth-order valence-electron chi connectivity index (χ4n) is 1.17. The molecular formula is C13H19BOS. The van der Waals surface area contributed by atoms with Gasteiger partial charge in [0.05, 0.1) is 6.61 Å². The summed E-state index contributed by atoms with van der Waals surface area (Å²) in [6.07, 6.45) is 5.73. The second kappa shape index (κ2) is 7.58. The highest BCUT2D eigenvalue weighted by atomic mass is 32.2. The first-order valence-electron chi connectivity index (χ1n) is 5.08. The molecule has 0 atom stereocenters. The number of allylic oxidation sites excluding steroid dienone is 6. The molecule has 0 heterocycles. The molecule has 0 rings (SSSR count). The third-order valence-corrected chi connectivity index (χ3v) is 2.71. The van der Waals surface area contributed by atoms with Crippen LogP contribution in [0, 0.1) is 0 Å². The van der Waals surface area contributed by atoms with E-state index < -0.39 is 0 Å². The molecule has 0 bridgehead atoms. The molecule has 0 amide bonds. The van der Waals surface area contributed by atoms with Crippen LogP contribution in [-0.4, -0.2) is 25.8 Å². The van der Waals surface area contributed by atoms with Gasteiger partial charge in [-0.1, -0.05) is 29.3 Å². The van der Waals surface area contributed by atoms with Crippen LogP contribution in [0.2, 0.25) is 0 Å². The molecule has 0 aromatic rings. The molecule has 0 aromatic carbocycles. The SMILES string of the molecule is [B]/C(C=C(C)C)=C(\C=C(\CO)SC)C(=C)C. The van der Waals surface area contributed by atoms with Crippen molar-refractivity contribution in [2.75, 3.05) is 12.9 Å². The second-order valence-corrected chi connectivity index (χ2v) is 4.78. The molecule has 16 heavy (non-hydrogen) atoms. The van der Waals surface area contributed by atoms with E-state index in [-0.39, 0.29) is 6.61 Å². The van der Waals surface area contributed by atoms with E-state index in [9.17, 15) is 0 Å². The highest BCUT2D eigenvalue weighted by Crippen LogP contribution is 2.20. The van der Waals surface area contributed by atoms with Crippen LogP contribution >= 0.6 is 11.8 Å². The maximum absolute atomic E-state index is 9.12. The zero-order valence-corrected chi connectivity index (χ0v) is 11.3. The van der Waals surface area contributed by atoms with Crippen LogP contribution in [0.1, 0.15) is 20.8 Å². The monoisotopic (exact) mass is 234 g/mol. The van der Waals surface area contributed by atoms with E-state index in [1.54, 1.807) is 0 Å². The molecule has 86 valence electrons. The number of aliphatic hydroxyl groups is 1. The van der Waals surface area contributed by atoms with E-state index in [2.05, 4.69) is 6.58 Å². The zero-order chi connectivity index (χ0) is 12.7. The summed E-state index contributed by atoms with van der Waals surface area (Å²) in [7, 11) is 5.98. The Labute approximate surface area is 104 Å². The summed E-state index contributed by atoms with van der Waals surface area (Å²) in [5.74, 6) is 0. The molecule has 0 aromatic heterocycles. The summed E-state index contributed by atoms with van der Waals surface area (Å²) in [5.41, 5.74) is 3.61. The van der Waals surface area contributed by atoms with Crippen molar-refractivity contribution in [3.8, 4) is 0 Å². The Balaban J connectivity index is 5.40. The first kappa shape index (κ1) is 15.3. The Kier molecular flexibility index (Phi) is 7.27. The van der Waals surface area contributed by atoms with Crippen molar-refractivity contribution in [2.24, 2.45) is 0 Å². The Morgan fingerprint density at radius 2 is 1.88 bits per heavy atom. The molecule has 0 aliphatic carbocycles. The highest BCUT2D eigenvalue weighted by Gasteiger charge is 2.01. The first-order chi connectivity index (χ1) is 7.42. The van der Waals surface area contributed by atoms with Crippen LogP contribution in [0.4, 0.5) is 0 Å². The van der Waals surface area contributed by atoms with Crippen LogP contribution < -0.4 is 0 Å². The molecule has 3 heteroatoms. The standard InChI is InChI=1S/C13H19BOS/c1-9(2)6-13(14)12(10(3)4)7-11(8-15)16-5/h6-7,15H,3,8H2,1-2,4-5H3/b11-7-,13-12+. The summed E-state index contributed by atoms with van der Waals surface area (Å²) in [4.78, 5) is 0.878. The van der Waals surface area contributed by atoms with Gasteiger partial charge in [0.15, 0.2) is 0 Å². The summed E-state index contributed by atoms with van der Waals surface area (Å²) >= 11 is 1.51. The lowest BCUT2D eigenvalue weighted by molar-refractivity contribution is 0.339. The molecule has 1 nitrogen and oxygen atoms in total. The maximum Gasteiger partial charge on any atom is 0.114 e. The Morgan fingerprint density at radius 3 is 2.19 bits per heavy atom.